The first kappa shape index (κ1) is 15.6. The highest BCUT2D eigenvalue weighted by atomic mass is 19.1. The lowest BCUT2D eigenvalue weighted by atomic mass is 10.1. The molecule has 126 valence electrons. The van der Waals surface area contributed by atoms with Gasteiger partial charge in [-0.1, -0.05) is 6.07 Å². The van der Waals surface area contributed by atoms with E-state index in [1.54, 1.807) is 42.9 Å². The lowest BCUT2D eigenvalue weighted by Crippen LogP contribution is -2.14. The van der Waals surface area contributed by atoms with E-state index in [4.69, 9.17) is 9.68 Å². The predicted molar refractivity (Wildman–Crippen MR) is 92.9 cm³/mol. The van der Waals surface area contributed by atoms with Gasteiger partial charge in [0.15, 0.2) is 5.82 Å². The number of amides is 1. The molecular formula is C19H11FN4O2. The molecule has 0 saturated heterocycles. The Labute approximate surface area is 146 Å². The van der Waals surface area contributed by atoms with Crippen LogP contribution in [0.2, 0.25) is 0 Å². The van der Waals surface area contributed by atoms with Crippen LogP contribution in [0.4, 0.5) is 10.1 Å². The highest BCUT2D eigenvalue weighted by Gasteiger charge is 2.16. The van der Waals surface area contributed by atoms with Gasteiger partial charge in [0.25, 0.3) is 5.91 Å². The van der Waals surface area contributed by atoms with Crippen molar-refractivity contribution in [2.75, 3.05) is 5.32 Å². The van der Waals surface area contributed by atoms with E-state index in [0.717, 1.165) is 16.5 Å². The molecule has 0 aliphatic rings. The van der Waals surface area contributed by atoms with E-state index < -0.39 is 11.7 Å². The average Bonchev–Trinajstić information content (AvgIpc) is 3.30. The maximum atomic E-state index is 14.2. The molecule has 0 bridgehead atoms. The molecule has 4 rings (SSSR count). The Morgan fingerprint density at radius 2 is 2.15 bits per heavy atom. The third kappa shape index (κ3) is 2.59. The van der Waals surface area contributed by atoms with E-state index in [-0.39, 0.29) is 11.1 Å². The molecule has 7 heteroatoms. The number of nitriles is 1. The van der Waals surface area contributed by atoms with Gasteiger partial charge in [-0.2, -0.15) is 10.4 Å². The summed E-state index contributed by atoms with van der Waals surface area (Å²) >= 11 is 0. The van der Waals surface area contributed by atoms with Crippen molar-refractivity contribution in [1.29, 1.82) is 5.26 Å². The van der Waals surface area contributed by atoms with Gasteiger partial charge in [0.05, 0.1) is 29.2 Å². The van der Waals surface area contributed by atoms with E-state index in [2.05, 4.69) is 15.5 Å². The van der Waals surface area contributed by atoms with E-state index in [9.17, 15) is 9.18 Å². The van der Waals surface area contributed by atoms with Crippen molar-refractivity contribution in [2.24, 2.45) is 0 Å². The largest absolute Gasteiger partial charge is 0.472 e. The van der Waals surface area contributed by atoms with Crippen molar-refractivity contribution >= 4 is 22.5 Å². The molecule has 2 aromatic heterocycles. The van der Waals surface area contributed by atoms with Gasteiger partial charge in [-0.25, -0.2) is 4.39 Å². The summed E-state index contributed by atoms with van der Waals surface area (Å²) in [7, 11) is 0. The lowest BCUT2D eigenvalue weighted by molar-refractivity contribution is 0.102. The second-order valence-corrected chi connectivity index (χ2v) is 5.58. The van der Waals surface area contributed by atoms with E-state index in [0.29, 0.717) is 11.4 Å². The third-order valence-corrected chi connectivity index (χ3v) is 3.98. The van der Waals surface area contributed by atoms with Crippen LogP contribution in [0.25, 0.3) is 22.2 Å². The van der Waals surface area contributed by atoms with Crippen LogP contribution in [0.15, 0.2) is 59.4 Å². The molecule has 0 fully saturated rings. The van der Waals surface area contributed by atoms with Crippen LogP contribution >= 0.6 is 0 Å². The molecule has 1 amide bonds. The van der Waals surface area contributed by atoms with E-state index >= 15 is 0 Å². The fourth-order valence-corrected chi connectivity index (χ4v) is 2.70. The van der Waals surface area contributed by atoms with Gasteiger partial charge in [-0.15, -0.1) is 0 Å². The molecule has 0 radical (unpaired) electrons. The maximum Gasteiger partial charge on any atom is 0.258 e. The molecule has 2 heterocycles. The summed E-state index contributed by atoms with van der Waals surface area (Å²) in [5.41, 5.74) is 2.39. The minimum Gasteiger partial charge on any atom is -0.472 e. The fraction of sp³-hybridized carbons (Fsp3) is 0. The standard InChI is InChI=1S/C19H11FN4O2/c20-17-11(9-21)2-1-3-14(17)19(25)22-13-4-5-16-15(8-13)18(24-23-16)12-6-7-26-10-12/h1-8,10H,(H,22,25)(H,23,24). The number of anilines is 1. The van der Waals surface area contributed by atoms with Gasteiger partial charge in [0.2, 0.25) is 0 Å². The highest BCUT2D eigenvalue weighted by Crippen LogP contribution is 2.29. The molecule has 0 atom stereocenters. The topological polar surface area (TPSA) is 94.7 Å². The monoisotopic (exact) mass is 346 g/mol. The number of hydrogen-bond acceptors (Lipinski definition) is 4. The van der Waals surface area contributed by atoms with Crippen molar-refractivity contribution in [1.82, 2.24) is 10.2 Å². The number of halogens is 1. The minimum absolute atomic E-state index is 0.176. The molecule has 0 saturated carbocycles. The van der Waals surface area contributed by atoms with E-state index in [1.165, 1.54) is 18.2 Å². The number of carbonyl (C=O) groups is 1. The molecule has 0 aliphatic heterocycles. The van der Waals surface area contributed by atoms with Crippen molar-refractivity contribution < 1.29 is 13.6 Å². The summed E-state index contributed by atoms with van der Waals surface area (Å²) < 4.78 is 19.3. The molecule has 0 spiro atoms. The first-order chi connectivity index (χ1) is 12.7. The smallest absolute Gasteiger partial charge is 0.258 e. The number of aromatic nitrogens is 2. The first-order valence-corrected chi connectivity index (χ1v) is 7.68. The van der Waals surface area contributed by atoms with Gasteiger partial charge in [-0.3, -0.25) is 9.89 Å². The molecule has 4 aromatic rings. The number of H-pyrrole nitrogens is 1. The molecule has 2 aromatic carbocycles. The summed E-state index contributed by atoms with van der Waals surface area (Å²) in [6.07, 6.45) is 3.12. The van der Waals surface area contributed by atoms with Crippen molar-refractivity contribution in [3.8, 4) is 17.3 Å². The number of benzene rings is 2. The Morgan fingerprint density at radius 1 is 1.27 bits per heavy atom. The normalized spacial score (nSPS) is 10.6. The van der Waals surface area contributed by atoms with E-state index in [1.807, 2.05) is 0 Å². The van der Waals surface area contributed by atoms with Crippen molar-refractivity contribution in [3.05, 3.63) is 71.9 Å². The summed E-state index contributed by atoms with van der Waals surface area (Å²) in [5.74, 6) is -1.47. The number of rotatable bonds is 3. The predicted octanol–water partition coefficient (Wildman–Crippen LogP) is 4.09. The Kier molecular flexibility index (Phi) is 3.71. The van der Waals surface area contributed by atoms with Gasteiger partial charge < -0.3 is 9.73 Å². The third-order valence-electron chi connectivity index (χ3n) is 3.98. The van der Waals surface area contributed by atoms with Crippen LogP contribution in [-0.2, 0) is 0 Å². The highest BCUT2D eigenvalue weighted by molar-refractivity contribution is 6.06. The van der Waals surface area contributed by atoms with Gasteiger partial charge in [0, 0.05) is 16.6 Å². The summed E-state index contributed by atoms with van der Waals surface area (Å²) in [6.45, 7) is 0. The second kappa shape index (κ2) is 6.18. The summed E-state index contributed by atoms with van der Waals surface area (Å²) in [4.78, 5) is 12.4. The van der Waals surface area contributed by atoms with Crippen LogP contribution in [0.5, 0.6) is 0 Å². The molecule has 0 aliphatic carbocycles. The zero-order valence-electron chi connectivity index (χ0n) is 13.3. The first-order valence-electron chi connectivity index (χ1n) is 7.68. The summed E-state index contributed by atoms with van der Waals surface area (Å²) in [5, 5.41) is 19.5. The Morgan fingerprint density at radius 3 is 2.92 bits per heavy atom. The Bertz CT molecular complexity index is 1160. The number of carbonyl (C=O) groups excluding carboxylic acids is 1. The Hall–Kier alpha value is -3.92. The molecule has 26 heavy (non-hydrogen) atoms. The zero-order chi connectivity index (χ0) is 18.1. The number of nitrogens with zero attached hydrogens (tertiary/aromatic N) is 2. The number of aromatic amines is 1. The molecule has 2 N–H and O–H groups in total. The van der Waals surface area contributed by atoms with Crippen LogP contribution in [0.3, 0.4) is 0 Å². The molecular weight excluding hydrogens is 335 g/mol. The van der Waals surface area contributed by atoms with Crippen LogP contribution in [0, 0.1) is 17.1 Å². The SMILES string of the molecule is N#Cc1cccc(C(=O)Nc2ccc3[nH]nc(-c4ccoc4)c3c2)c1F. The zero-order valence-corrected chi connectivity index (χ0v) is 13.3. The molecule has 0 unspecified atom stereocenters. The fourth-order valence-electron chi connectivity index (χ4n) is 2.70. The Balaban J connectivity index is 1.69. The number of nitrogens with one attached hydrogen (secondary N) is 2. The van der Waals surface area contributed by atoms with Crippen LogP contribution in [-0.4, -0.2) is 16.1 Å². The molecule has 6 nitrogen and oxygen atoms in total. The minimum atomic E-state index is -0.837. The number of fused-ring (bicyclic) bond motifs is 1. The van der Waals surface area contributed by atoms with Gasteiger partial charge >= 0.3 is 0 Å². The maximum absolute atomic E-state index is 14.2. The lowest BCUT2D eigenvalue weighted by Gasteiger charge is -2.07. The van der Waals surface area contributed by atoms with Crippen LogP contribution in [0.1, 0.15) is 15.9 Å². The van der Waals surface area contributed by atoms with Crippen LogP contribution < -0.4 is 5.32 Å². The van der Waals surface area contributed by atoms with Crippen molar-refractivity contribution in [3.63, 3.8) is 0 Å². The quantitative estimate of drug-likeness (QED) is 0.584. The van der Waals surface area contributed by atoms with Gasteiger partial charge in [-0.05, 0) is 36.4 Å². The van der Waals surface area contributed by atoms with Crippen molar-refractivity contribution in [2.45, 2.75) is 0 Å². The average molecular weight is 346 g/mol. The number of hydrogen-bond donors (Lipinski definition) is 2. The summed E-state index contributed by atoms with van der Waals surface area (Å²) in [6, 6.07) is 12.8. The van der Waals surface area contributed by atoms with Gasteiger partial charge in [0.1, 0.15) is 11.8 Å². The number of furan rings is 1. The second-order valence-electron chi connectivity index (χ2n) is 5.58.